The van der Waals surface area contributed by atoms with Crippen LogP contribution in [0.2, 0.25) is 0 Å². The number of pyridine rings is 2. The van der Waals surface area contributed by atoms with Crippen LogP contribution < -0.4 is 21.8 Å². The summed E-state index contributed by atoms with van der Waals surface area (Å²) in [4.78, 5) is 30.1. The molecule has 1 aliphatic carbocycles. The number of nitrogens with zero attached hydrogens (tertiary/aromatic N) is 2. The fraction of sp³-hybridized carbons (Fsp3) is 0.286. The Hall–Kier alpha value is -3.35. The third-order valence-corrected chi connectivity index (χ3v) is 5.40. The van der Waals surface area contributed by atoms with Gasteiger partial charge in [-0.05, 0) is 55.9 Å². The average Bonchev–Trinajstić information content (AvgIpc) is 3.49. The molecular weight excluding hydrogens is 356 g/mol. The van der Waals surface area contributed by atoms with Gasteiger partial charge in [0.2, 0.25) is 0 Å². The van der Waals surface area contributed by atoms with E-state index in [4.69, 9.17) is 16.2 Å². The molecule has 0 atom stereocenters. The minimum atomic E-state index is -0.721. The van der Waals surface area contributed by atoms with Gasteiger partial charge in [0.25, 0.3) is 11.5 Å². The second-order valence-corrected chi connectivity index (χ2v) is 7.26. The highest BCUT2D eigenvalue weighted by Gasteiger charge is 2.27. The van der Waals surface area contributed by atoms with Crippen molar-refractivity contribution in [1.29, 1.82) is 0 Å². The van der Waals surface area contributed by atoms with Gasteiger partial charge < -0.3 is 16.2 Å². The summed E-state index contributed by atoms with van der Waals surface area (Å²) in [5.74, 6) is 0.300. The summed E-state index contributed by atoms with van der Waals surface area (Å²) in [5.41, 5.74) is 15.1. The average molecular weight is 378 g/mol. The lowest BCUT2D eigenvalue weighted by molar-refractivity contribution is 0.100. The van der Waals surface area contributed by atoms with Crippen molar-refractivity contribution in [3.63, 3.8) is 0 Å². The first-order chi connectivity index (χ1) is 13.3. The molecule has 0 unspecified atom stereocenters. The van der Waals surface area contributed by atoms with Gasteiger partial charge in [0.15, 0.2) is 0 Å². The third kappa shape index (κ3) is 2.62. The molecule has 4 N–H and O–H groups in total. The lowest BCUT2D eigenvalue weighted by Crippen LogP contribution is -2.28. The Kier molecular flexibility index (Phi) is 4.10. The molecule has 7 heteroatoms. The zero-order valence-electron chi connectivity index (χ0n) is 16.1. The number of rotatable bonds is 4. The van der Waals surface area contributed by atoms with Crippen molar-refractivity contribution in [2.75, 3.05) is 12.8 Å². The van der Waals surface area contributed by atoms with Crippen molar-refractivity contribution in [3.8, 4) is 11.4 Å². The molecule has 1 fully saturated rings. The molecule has 144 valence electrons. The highest BCUT2D eigenvalue weighted by Crippen LogP contribution is 2.40. The van der Waals surface area contributed by atoms with E-state index in [0.717, 1.165) is 29.5 Å². The van der Waals surface area contributed by atoms with Crippen molar-refractivity contribution in [2.45, 2.75) is 32.6 Å². The highest BCUT2D eigenvalue weighted by atomic mass is 16.5. The summed E-state index contributed by atoms with van der Waals surface area (Å²) in [6.07, 6.45) is 3.86. The number of primary amides is 1. The summed E-state index contributed by atoms with van der Waals surface area (Å²) in [7, 11) is 1.56. The maximum absolute atomic E-state index is 13.5. The van der Waals surface area contributed by atoms with Crippen LogP contribution in [-0.4, -0.2) is 22.6 Å². The molecular formula is C21H22N4O3. The van der Waals surface area contributed by atoms with Gasteiger partial charge in [-0.3, -0.25) is 19.1 Å². The topological polar surface area (TPSA) is 113 Å². The Labute approximate surface area is 161 Å². The number of hydrogen-bond acceptors (Lipinski definition) is 5. The van der Waals surface area contributed by atoms with E-state index >= 15 is 0 Å². The molecule has 2 heterocycles. The zero-order chi connectivity index (χ0) is 20.2. The molecule has 1 aromatic carbocycles. The summed E-state index contributed by atoms with van der Waals surface area (Å²) < 4.78 is 6.76. The second-order valence-electron chi connectivity index (χ2n) is 7.26. The zero-order valence-corrected chi connectivity index (χ0v) is 16.1. The van der Waals surface area contributed by atoms with Gasteiger partial charge in [-0.15, -0.1) is 0 Å². The van der Waals surface area contributed by atoms with Crippen molar-refractivity contribution >= 4 is 22.6 Å². The summed E-state index contributed by atoms with van der Waals surface area (Å²) in [5, 5.41) is 0.342. The van der Waals surface area contributed by atoms with Crippen LogP contribution in [-0.2, 0) is 0 Å². The van der Waals surface area contributed by atoms with Crippen molar-refractivity contribution in [3.05, 3.63) is 57.0 Å². The lowest BCUT2D eigenvalue weighted by Gasteiger charge is -2.20. The van der Waals surface area contributed by atoms with E-state index in [1.54, 1.807) is 13.3 Å². The number of hydrogen-bond donors (Lipinski definition) is 2. The van der Waals surface area contributed by atoms with E-state index in [1.807, 2.05) is 32.0 Å². The maximum atomic E-state index is 13.5. The third-order valence-electron chi connectivity index (χ3n) is 5.40. The Morgan fingerprint density at radius 3 is 2.61 bits per heavy atom. The number of carbonyl (C=O) groups is 1. The predicted octanol–water partition coefficient (Wildman–Crippen LogP) is 2.57. The molecule has 0 saturated heterocycles. The SMILES string of the molecule is COc1ccc(C)c(-n2c(N)c(C(N)=O)c3ncc(C4CC4)cc3c2=O)c1C. The highest BCUT2D eigenvalue weighted by molar-refractivity contribution is 6.08. The summed E-state index contributed by atoms with van der Waals surface area (Å²) >= 11 is 0. The first-order valence-electron chi connectivity index (χ1n) is 9.13. The van der Waals surface area contributed by atoms with Gasteiger partial charge in [0, 0.05) is 11.8 Å². The molecule has 0 bridgehead atoms. The largest absolute Gasteiger partial charge is 0.496 e. The summed E-state index contributed by atoms with van der Waals surface area (Å²) in [6.45, 7) is 3.72. The molecule has 1 saturated carbocycles. The van der Waals surface area contributed by atoms with Crippen LogP contribution >= 0.6 is 0 Å². The molecule has 1 amide bonds. The number of aryl methyl sites for hydroxylation is 1. The van der Waals surface area contributed by atoms with Gasteiger partial charge in [0.1, 0.15) is 17.1 Å². The maximum Gasteiger partial charge on any atom is 0.266 e. The number of carbonyl (C=O) groups excluding carboxylic acids is 1. The monoisotopic (exact) mass is 378 g/mol. The molecule has 1 aliphatic rings. The van der Waals surface area contributed by atoms with Crippen LogP contribution in [0.5, 0.6) is 5.75 Å². The second kappa shape index (κ2) is 6.37. The smallest absolute Gasteiger partial charge is 0.266 e. The number of fused-ring (bicyclic) bond motifs is 1. The predicted molar refractivity (Wildman–Crippen MR) is 108 cm³/mol. The van der Waals surface area contributed by atoms with E-state index in [1.165, 1.54) is 4.57 Å². The fourth-order valence-electron chi connectivity index (χ4n) is 3.79. The molecule has 0 spiro atoms. The van der Waals surface area contributed by atoms with Crippen molar-refractivity contribution in [1.82, 2.24) is 9.55 Å². The Morgan fingerprint density at radius 1 is 1.29 bits per heavy atom. The number of anilines is 1. The van der Waals surface area contributed by atoms with Gasteiger partial charge in [0.05, 0.1) is 23.7 Å². The van der Waals surface area contributed by atoms with Crippen molar-refractivity contribution in [2.24, 2.45) is 5.73 Å². The molecule has 28 heavy (non-hydrogen) atoms. The van der Waals surface area contributed by atoms with Crippen LogP contribution in [0.15, 0.2) is 29.2 Å². The van der Waals surface area contributed by atoms with Gasteiger partial charge in [-0.1, -0.05) is 6.07 Å². The Balaban J connectivity index is 2.15. The molecule has 3 aromatic rings. The number of nitrogen functional groups attached to an aromatic ring is 1. The number of aromatic nitrogens is 2. The Bertz CT molecular complexity index is 1190. The van der Waals surface area contributed by atoms with Crippen LogP contribution in [0, 0.1) is 13.8 Å². The molecule has 4 rings (SSSR count). The van der Waals surface area contributed by atoms with E-state index in [2.05, 4.69) is 4.98 Å². The van der Waals surface area contributed by atoms with Crippen LogP contribution in [0.4, 0.5) is 5.82 Å². The number of nitrogens with two attached hydrogens (primary N) is 2. The first kappa shape index (κ1) is 18.0. The number of methoxy groups -OCH3 is 1. The van der Waals surface area contributed by atoms with Crippen LogP contribution in [0.1, 0.15) is 45.8 Å². The van der Waals surface area contributed by atoms with E-state index in [9.17, 15) is 9.59 Å². The number of ether oxygens (including phenoxy) is 1. The standard InChI is InChI=1S/C21H22N4O3/c1-10-4-7-15(28-3)11(2)18(10)25-19(22)16(20(23)26)17-14(21(25)27)8-13(9-24-17)12-5-6-12/h4,7-9,12H,5-6,22H2,1-3H3,(H2,23,26). The van der Waals surface area contributed by atoms with Gasteiger partial charge >= 0.3 is 0 Å². The fourth-order valence-corrected chi connectivity index (χ4v) is 3.79. The molecule has 0 radical (unpaired) electrons. The molecule has 7 nitrogen and oxygen atoms in total. The Morgan fingerprint density at radius 2 is 2.00 bits per heavy atom. The summed E-state index contributed by atoms with van der Waals surface area (Å²) in [6, 6.07) is 5.49. The minimum absolute atomic E-state index is 0.0175. The molecule has 2 aromatic heterocycles. The van der Waals surface area contributed by atoms with E-state index in [-0.39, 0.29) is 22.5 Å². The number of amides is 1. The van der Waals surface area contributed by atoms with Crippen LogP contribution in [0.25, 0.3) is 16.6 Å². The lowest BCUT2D eigenvalue weighted by atomic mass is 10.0. The first-order valence-corrected chi connectivity index (χ1v) is 9.13. The van der Waals surface area contributed by atoms with Gasteiger partial charge in [-0.25, -0.2) is 0 Å². The van der Waals surface area contributed by atoms with Crippen LogP contribution in [0.3, 0.4) is 0 Å². The normalized spacial score (nSPS) is 13.7. The molecule has 0 aliphatic heterocycles. The quantitative estimate of drug-likeness (QED) is 0.724. The minimum Gasteiger partial charge on any atom is -0.496 e. The van der Waals surface area contributed by atoms with E-state index < -0.39 is 5.91 Å². The number of benzene rings is 1. The van der Waals surface area contributed by atoms with Gasteiger partial charge in [-0.2, -0.15) is 0 Å². The van der Waals surface area contributed by atoms with E-state index in [0.29, 0.717) is 22.7 Å². The van der Waals surface area contributed by atoms with Crippen molar-refractivity contribution < 1.29 is 9.53 Å².